The molecule has 0 aromatic carbocycles. The number of ketones is 2. The van der Waals surface area contributed by atoms with E-state index in [-0.39, 0.29) is 22.7 Å². The molecule has 0 bridgehead atoms. The van der Waals surface area contributed by atoms with Crippen LogP contribution in [0, 0.1) is 0 Å². The summed E-state index contributed by atoms with van der Waals surface area (Å²) in [5, 5.41) is 0.0922. The smallest absolute Gasteiger partial charge is 0.192 e. The van der Waals surface area contributed by atoms with E-state index in [1.807, 2.05) is 6.92 Å². The summed E-state index contributed by atoms with van der Waals surface area (Å²) in [5.74, 6) is 0.0939. The fraction of sp³-hybridized carbons (Fsp3) is 0.684. The van der Waals surface area contributed by atoms with Crippen LogP contribution in [0.3, 0.4) is 0 Å². The van der Waals surface area contributed by atoms with Crippen molar-refractivity contribution < 1.29 is 14.0 Å². The molecule has 0 spiro atoms. The maximum absolute atomic E-state index is 12.9. The first-order chi connectivity index (χ1) is 10.6. The molecule has 0 saturated heterocycles. The number of rotatable bonds is 4. The van der Waals surface area contributed by atoms with Crippen LogP contribution >= 0.6 is 0 Å². The molecule has 3 nitrogen and oxygen atoms in total. The fourth-order valence-corrected chi connectivity index (χ4v) is 4.37. The Bertz CT molecular complexity index is 576. The van der Waals surface area contributed by atoms with Gasteiger partial charge in [0.2, 0.25) is 0 Å². The summed E-state index contributed by atoms with van der Waals surface area (Å²) in [5.41, 5.74) is 2.06. The molecule has 0 fully saturated rings. The summed E-state index contributed by atoms with van der Waals surface area (Å²) in [7, 11) is -1.98. The zero-order valence-electron chi connectivity index (χ0n) is 15.4. The van der Waals surface area contributed by atoms with Crippen molar-refractivity contribution in [2.75, 3.05) is 0 Å². The van der Waals surface area contributed by atoms with Crippen LogP contribution in [-0.4, -0.2) is 26.0 Å². The Hall–Kier alpha value is -1.00. The quantitative estimate of drug-likeness (QED) is 0.551. The van der Waals surface area contributed by atoms with Gasteiger partial charge in [-0.2, -0.15) is 0 Å². The molecule has 0 saturated carbocycles. The van der Waals surface area contributed by atoms with E-state index in [1.165, 1.54) is 0 Å². The van der Waals surface area contributed by atoms with Crippen LogP contribution in [0.1, 0.15) is 59.8 Å². The highest BCUT2D eigenvalue weighted by molar-refractivity contribution is 6.74. The minimum atomic E-state index is -1.98. The summed E-state index contributed by atoms with van der Waals surface area (Å²) < 4.78 is 6.54. The molecule has 0 heterocycles. The lowest BCUT2D eigenvalue weighted by molar-refractivity contribution is -0.117. The zero-order chi connectivity index (χ0) is 17.4. The summed E-state index contributed by atoms with van der Waals surface area (Å²) in [4.78, 5) is 25.3. The SMILES string of the molecule is CCCC1=CC(=O)C2=C(C1=O)C(O[Si](C)(C)C(C)(C)C)CCC2. The van der Waals surface area contributed by atoms with Crippen molar-refractivity contribution in [3.8, 4) is 0 Å². The molecule has 23 heavy (non-hydrogen) atoms. The van der Waals surface area contributed by atoms with Crippen LogP contribution in [-0.2, 0) is 14.0 Å². The summed E-state index contributed by atoms with van der Waals surface area (Å²) in [6.45, 7) is 13.1. The average molecular weight is 335 g/mol. The van der Waals surface area contributed by atoms with Crippen molar-refractivity contribution in [2.24, 2.45) is 0 Å². The Morgan fingerprint density at radius 1 is 1.26 bits per heavy atom. The Morgan fingerprint density at radius 3 is 2.48 bits per heavy atom. The van der Waals surface area contributed by atoms with Crippen LogP contribution in [0.15, 0.2) is 22.8 Å². The number of carbonyl (C=O) groups excluding carboxylic acids is 2. The van der Waals surface area contributed by atoms with Gasteiger partial charge in [-0.1, -0.05) is 34.1 Å². The Morgan fingerprint density at radius 2 is 1.91 bits per heavy atom. The van der Waals surface area contributed by atoms with E-state index in [1.54, 1.807) is 6.08 Å². The molecule has 0 N–H and O–H groups in total. The molecule has 1 unspecified atom stereocenters. The maximum Gasteiger partial charge on any atom is 0.192 e. The molecule has 1 atom stereocenters. The van der Waals surface area contributed by atoms with Gasteiger partial charge in [0.25, 0.3) is 0 Å². The lowest BCUT2D eigenvalue weighted by Gasteiger charge is -2.41. The Balaban J connectivity index is 2.35. The van der Waals surface area contributed by atoms with Crippen LogP contribution < -0.4 is 0 Å². The minimum Gasteiger partial charge on any atom is -0.410 e. The second-order valence-corrected chi connectivity index (χ2v) is 13.0. The molecule has 0 aliphatic heterocycles. The van der Waals surface area contributed by atoms with Crippen molar-refractivity contribution in [2.45, 2.75) is 84.0 Å². The normalized spacial score (nSPS) is 23.0. The van der Waals surface area contributed by atoms with E-state index in [0.717, 1.165) is 19.3 Å². The highest BCUT2D eigenvalue weighted by Gasteiger charge is 2.43. The largest absolute Gasteiger partial charge is 0.410 e. The van der Waals surface area contributed by atoms with Crippen LogP contribution in [0.25, 0.3) is 0 Å². The van der Waals surface area contributed by atoms with Gasteiger partial charge in [-0.15, -0.1) is 0 Å². The molecular formula is C19H30O3Si. The molecular weight excluding hydrogens is 304 g/mol. The van der Waals surface area contributed by atoms with E-state index in [0.29, 0.717) is 29.6 Å². The van der Waals surface area contributed by atoms with Gasteiger partial charge in [0.05, 0.1) is 6.10 Å². The molecule has 4 heteroatoms. The molecule has 2 aliphatic rings. The van der Waals surface area contributed by atoms with Gasteiger partial charge in [0, 0.05) is 16.7 Å². The molecule has 2 rings (SSSR count). The van der Waals surface area contributed by atoms with Gasteiger partial charge in [-0.25, -0.2) is 0 Å². The topological polar surface area (TPSA) is 43.4 Å². The molecule has 0 amide bonds. The predicted octanol–water partition coefficient (Wildman–Crippen LogP) is 4.74. The first kappa shape index (κ1) is 18.3. The van der Waals surface area contributed by atoms with Crippen molar-refractivity contribution >= 4 is 19.9 Å². The van der Waals surface area contributed by atoms with Gasteiger partial charge in [-0.05, 0) is 49.9 Å². The number of carbonyl (C=O) groups is 2. The Kier molecular flexibility index (Phi) is 5.17. The standard InChI is InChI=1S/C19H30O3Si/c1-7-9-13-12-15(20)14-10-8-11-16(17(14)18(13)21)22-23(5,6)19(2,3)4/h12,16H,7-11H2,1-6H3. The highest BCUT2D eigenvalue weighted by atomic mass is 28.4. The van der Waals surface area contributed by atoms with Crippen LogP contribution in [0.5, 0.6) is 0 Å². The van der Waals surface area contributed by atoms with Crippen LogP contribution in [0.2, 0.25) is 18.1 Å². The minimum absolute atomic E-state index is 0.0339. The van der Waals surface area contributed by atoms with E-state index < -0.39 is 8.32 Å². The second-order valence-electron chi connectivity index (χ2n) is 8.26. The summed E-state index contributed by atoms with van der Waals surface area (Å²) in [6, 6.07) is 0. The van der Waals surface area contributed by atoms with Crippen molar-refractivity contribution in [1.82, 2.24) is 0 Å². The third-order valence-electron chi connectivity index (χ3n) is 5.44. The fourth-order valence-electron chi connectivity index (χ4n) is 3.07. The second kappa shape index (κ2) is 6.48. The first-order valence-electron chi connectivity index (χ1n) is 8.79. The zero-order valence-corrected chi connectivity index (χ0v) is 16.4. The first-order valence-corrected chi connectivity index (χ1v) is 11.7. The molecule has 0 aromatic heterocycles. The van der Waals surface area contributed by atoms with Gasteiger partial charge in [0.1, 0.15) is 0 Å². The number of Topliss-reactive ketones (excluding diaryl/α,β-unsaturated/α-hetero) is 1. The van der Waals surface area contributed by atoms with E-state index >= 15 is 0 Å². The third kappa shape index (κ3) is 3.58. The average Bonchev–Trinajstić information content (AvgIpc) is 2.43. The molecule has 0 radical (unpaired) electrons. The van der Waals surface area contributed by atoms with Gasteiger partial charge in [-0.3, -0.25) is 9.59 Å². The van der Waals surface area contributed by atoms with Crippen molar-refractivity contribution in [3.05, 3.63) is 22.8 Å². The number of allylic oxidation sites excluding steroid dienone is 3. The Labute approximate surface area is 141 Å². The highest BCUT2D eigenvalue weighted by Crippen LogP contribution is 2.41. The predicted molar refractivity (Wildman–Crippen MR) is 96.0 cm³/mol. The number of hydrogen-bond donors (Lipinski definition) is 0. The van der Waals surface area contributed by atoms with Crippen LogP contribution in [0.4, 0.5) is 0 Å². The summed E-state index contributed by atoms with van der Waals surface area (Å²) in [6.07, 6.45) is 5.41. The lowest BCUT2D eigenvalue weighted by atomic mass is 9.78. The van der Waals surface area contributed by atoms with E-state index in [9.17, 15) is 9.59 Å². The monoisotopic (exact) mass is 334 g/mol. The summed E-state index contributed by atoms with van der Waals surface area (Å²) >= 11 is 0. The van der Waals surface area contributed by atoms with Gasteiger partial charge < -0.3 is 4.43 Å². The van der Waals surface area contributed by atoms with Crippen molar-refractivity contribution in [1.29, 1.82) is 0 Å². The van der Waals surface area contributed by atoms with Gasteiger partial charge in [0.15, 0.2) is 19.9 Å². The molecule has 0 aromatic rings. The van der Waals surface area contributed by atoms with E-state index in [4.69, 9.17) is 4.43 Å². The maximum atomic E-state index is 12.9. The third-order valence-corrected chi connectivity index (χ3v) is 9.93. The van der Waals surface area contributed by atoms with Crippen molar-refractivity contribution in [3.63, 3.8) is 0 Å². The van der Waals surface area contributed by atoms with Gasteiger partial charge >= 0.3 is 0 Å². The molecule has 2 aliphatic carbocycles. The van der Waals surface area contributed by atoms with E-state index in [2.05, 4.69) is 33.9 Å². The number of hydrogen-bond acceptors (Lipinski definition) is 3. The molecule has 128 valence electrons. The lowest BCUT2D eigenvalue weighted by Crippen LogP contribution is -2.46.